The Hall–Kier alpha value is -3.75. The molecule has 0 saturated carbocycles. The molecule has 0 aliphatic carbocycles. The van der Waals surface area contributed by atoms with E-state index in [4.69, 9.17) is 23.8 Å². The van der Waals surface area contributed by atoms with Gasteiger partial charge in [-0.05, 0) is 72.9 Å². The van der Waals surface area contributed by atoms with E-state index in [9.17, 15) is 10.1 Å². The van der Waals surface area contributed by atoms with E-state index >= 15 is 0 Å². The van der Waals surface area contributed by atoms with E-state index in [1.807, 2.05) is 65.4 Å². The van der Waals surface area contributed by atoms with Gasteiger partial charge in [0.15, 0.2) is 5.11 Å². The molecule has 7 nitrogen and oxygen atoms in total. The zero-order valence-electron chi connectivity index (χ0n) is 17.2. The normalized spacial score (nSPS) is 17.7. The number of nitrogens with one attached hydrogen (secondary N) is 1. The molecule has 1 fully saturated rings. The number of aromatic nitrogens is 2. The van der Waals surface area contributed by atoms with E-state index in [0.29, 0.717) is 10.1 Å². The lowest BCUT2D eigenvalue weighted by Crippen LogP contribution is -2.30. The Kier molecular flexibility index (Phi) is 5.53. The maximum Gasteiger partial charge on any atom is 0.269 e. The molecule has 33 heavy (non-hydrogen) atoms. The van der Waals surface area contributed by atoms with Crippen molar-refractivity contribution in [1.29, 1.82) is 0 Å². The fraction of sp³-hybridized carbons (Fsp3) is 0.0833. The van der Waals surface area contributed by atoms with Gasteiger partial charge in [-0.3, -0.25) is 15.1 Å². The summed E-state index contributed by atoms with van der Waals surface area (Å²) < 4.78 is 2.02. The lowest BCUT2D eigenvalue weighted by Gasteiger charge is -2.29. The number of nitrogens with zero attached hydrogens (tertiary/aromatic N) is 4. The van der Waals surface area contributed by atoms with Crippen LogP contribution in [0.4, 0.5) is 11.4 Å². The third kappa shape index (κ3) is 3.94. The fourth-order valence-corrected chi connectivity index (χ4v) is 4.61. The van der Waals surface area contributed by atoms with Gasteiger partial charge in [0.05, 0.1) is 16.7 Å². The molecule has 0 spiro atoms. The molecule has 9 heteroatoms. The largest absolute Gasteiger partial charge is 0.351 e. The quantitative estimate of drug-likeness (QED) is 0.229. The van der Waals surface area contributed by atoms with Crippen LogP contribution in [0.25, 0.3) is 5.69 Å². The Labute approximate surface area is 200 Å². The maximum absolute atomic E-state index is 11.1. The van der Waals surface area contributed by atoms with Crippen LogP contribution in [0.5, 0.6) is 0 Å². The van der Waals surface area contributed by atoms with Gasteiger partial charge in [0.2, 0.25) is 0 Å². The SMILES string of the molecule is O=[N+]([O-])c1ccc(-n2cccc2C2C(c3ccccn3)NC(=S)N2c2ccc(Cl)cc2)cc1. The number of nitro groups is 1. The van der Waals surface area contributed by atoms with Crippen LogP contribution in [0.3, 0.4) is 0 Å². The van der Waals surface area contributed by atoms with Gasteiger partial charge >= 0.3 is 0 Å². The summed E-state index contributed by atoms with van der Waals surface area (Å²) in [6, 6.07) is 23.4. The number of benzene rings is 2. The van der Waals surface area contributed by atoms with Gasteiger partial charge in [0, 0.05) is 46.6 Å². The minimum absolute atomic E-state index is 0.0466. The number of pyridine rings is 1. The van der Waals surface area contributed by atoms with Crippen molar-refractivity contribution >= 4 is 40.3 Å². The second kappa shape index (κ2) is 8.65. The average Bonchev–Trinajstić information content (AvgIpc) is 3.44. The third-order valence-corrected chi connectivity index (χ3v) is 6.19. The fourth-order valence-electron chi connectivity index (χ4n) is 4.14. The number of non-ortho nitro benzene ring substituents is 1. The summed E-state index contributed by atoms with van der Waals surface area (Å²) in [6.45, 7) is 0. The molecule has 1 aliphatic heterocycles. The van der Waals surface area contributed by atoms with Crippen LogP contribution in [0.15, 0.2) is 91.3 Å². The van der Waals surface area contributed by atoms with Crippen molar-refractivity contribution in [3.8, 4) is 5.69 Å². The van der Waals surface area contributed by atoms with E-state index in [0.717, 1.165) is 22.8 Å². The van der Waals surface area contributed by atoms with E-state index in [-0.39, 0.29) is 17.8 Å². The minimum atomic E-state index is -0.404. The van der Waals surface area contributed by atoms with Crippen LogP contribution in [0, 0.1) is 10.1 Å². The number of anilines is 1. The second-order valence-corrected chi connectivity index (χ2v) is 8.37. The Morgan fingerprint density at radius 3 is 2.36 bits per heavy atom. The lowest BCUT2D eigenvalue weighted by atomic mass is 10.0. The highest BCUT2D eigenvalue weighted by atomic mass is 35.5. The lowest BCUT2D eigenvalue weighted by molar-refractivity contribution is -0.384. The van der Waals surface area contributed by atoms with Crippen molar-refractivity contribution in [2.75, 3.05) is 4.90 Å². The van der Waals surface area contributed by atoms with Crippen LogP contribution >= 0.6 is 23.8 Å². The molecule has 2 unspecified atom stereocenters. The molecule has 0 amide bonds. The monoisotopic (exact) mass is 475 g/mol. The Morgan fingerprint density at radius 2 is 1.70 bits per heavy atom. The molecule has 5 rings (SSSR count). The summed E-state index contributed by atoms with van der Waals surface area (Å²) in [6.07, 6.45) is 3.70. The van der Waals surface area contributed by atoms with E-state index in [1.54, 1.807) is 18.3 Å². The molecule has 164 valence electrons. The Balaban J connectivity index is 1.63. The molecular formula is C24H18ClN5O2S. The average molecular weight is 476 g/mol. The summed E-state index contributed by atoms with van der Waals surface area (Å²) in [5, 5.41) is 15.7. The zero-order chi connectivity index (χ0) is 22.9. The van der Waals surface area contributed by atoms with E-state index in [2.05, 4.69) is 15.2 Å². The van der Waals surface area contributed by atoms with Gasteiger partial charge in [-0.15, -0.1) is 0 Å². The molecule has 0 radical (unpaired) electrons. The molecule has 1 aliphatic rings. The summed E-state index contributed by atoms with van der Waals surface area (Å²) in [5.41, 5.74) is 3.58. The molecule has 3 heterocycles. The summed E-state index contributed by atoms with van der Waals surface area (Å²) in [7, 11) is 0. The zero-order valence-corrected chi connectivity index (χ0v) is 18.8. The molecule has 4 aromatic rings. The number of nitro benzene ring substituents is 1. The van der Waals surface area contributed by atoms with Crippen LogP contribution in [-0.2, 0) is 0 Å². The van der Waals surface area contributed by atoms with Crippen LogP contribution in [0.2, 0.25) is 5.02 Å². The standard InChI is InChI=1S/C24H18ClN5O2S/c25-16-6-8-18(9-7-16)29-23(22(27-24(29)33)20-4-1-2-14-26-20)21-5-3-15-28(21)17-10-12-19(13-11-17)30(31)32/h1-15,22-23H,(H,27,33). The highest BCUT2D eigenvalue weighted by Gasteiger charge is 2.42. The number of hydrogen-bond donors (Lipinski definition) is 1. The molecular weight excluding hydrogens is 458 g/mol. The van der Waals surface area contributed by atoms with Crippen molar-refractivity contribution < 1.29 is 4.92 Å². The number of halogens is 1. The molecule has 1 N–H and O–H groups in total. The number of thiocarbonyl (C=S) groups is 1. The van der Waals surface area contributed by atoms with Gasteiger partial charge in [0.25, 0.3) is 5.69 Å². The third-order valence-electron chi connectivity index (χ3n) is 5.62. The Morgan fingerprint density at radius 1 is 0.970 bits per heavy atom. The molecule has 1 saturated heterocycles. The van der Waals surface area contributed by atoms with Crippen LogP contribution in [0.1, 0.15) is 23.5 Å². The van der Waals surface area contributed by atoms with Gasteiger partial charge in [-0.1, -0.05) is 17.7 Å². The molecule has 2 atom stereocenters. The highest BCUT2D eigenvalue weighted by Crippen LogP contribution is 2.42. The number of rotatable bonds is 5. The summed E-state index contributed by atoms with van der Waals surface area (Å²) in [4.78, 5) is 17.3. The van der Waals surface area contributed by atoms with E-state index in [1.165, 1.54) is 12.1 Å². The summed E-state index contributed by atoms with van der Waals surface area (Å²) >= 11 is 11.9. The van der Waals surface area contributed by atoms with Gasteiger partial charge in [-0.2, -0.15) is 0 Å². The highest BCUT2D eigenvalue weighted by molar-refractivity contribution is 7.80. The van der Waals surface area contributed by atoms with Crippen molar-refractivity contribution in [2.45, 2.75) is 12.1 Å². The van der Waals surface area contributed by atoms with Crippen molar-refractivity contribution in [1.82, 2.24) is 14.9 Å². The summed E-state index contributed by atoms with van der Waals surface area (Å²) in [5.74, 6) is 0. The van der Waals surface area contributed by atoms with Gasteiger partial charge < -0.3 is 14.8 Å². The van der Waals surface area contributed by atoms with E-state index < -0.39 is 4.92 Å². The molecule has 2 aromatic carbocycles. The predicted molar refractivity (Wildman–Crippen MR) is 132 cm³/mol. The first kappa shape index (κ1) is 21.1. The minimum Gasteiger partial charge on any atom is -0.351 e. The van der Waals surface area contributed by atoms with Gasteiger partial charge in [0.1, 0.15) is 6.04 Å². The maximum atomic E-state index is 11.1. The van der Waals surface area contributed by atoms with Crippen molar-refractivity contribution in [3.05, 3.63) is 118 Å². The van der Waals surface area contributed by atoms with Crippen LogP contribution in [-0.4, -0.2) is 19.6 Å². The number of hydrogen-bond acceptors (Lipinski definition) is 4. The topological polar surface area (TPSA) is 76.2 Å². The molecule has 0 bridgehead atoms. The second-order valence-electron chi connectivity index (χ2n) is 7.55. The first-order valence-electron chi connectivity index (χ1n) is 10.2. The van der Waals surface area contributed by atoms with Crippen molar-refractivity contribution in [3.63, 3.8) is 0 Å². The molecule has 2 aromatic heterocycles. The first-order chi connectivity index (χ1) is 16.0. The predicted octanol–water partition coefficient (Wildman–Crippen LogP) is 5.61. The van der Waals surface area contributed by atoms with Crippen molar-refractivity contribution in [2.24, 2.45) is 0 Å². The van der Waals surface area contributed by atoms with Crippen LogP contribution < -0.4 is 10.2 Å². The first-order valence-corrected chi connectivity index (χ1v) is 11.0. The Bertz CT molecular complexity index is 1310. The van der Waals surface area contributed by atoms with Gasteiger partial charge in [-0.25, -0.2) is 0 Å². The smallest absolute Gasteiger partial charge is 0.269 e.